The molecule has 0 bridgehead atoms. The van der Waals surface area contributed by atoms with Crippen molar-refractivity contribution in [3.8, 4) is 0 Å². The first-order valence-corrected chi connectivity index (χ1v) is 17.0. The maximum absolute atomic E-state index is 6.39. The Morgan fingerprint density at radius 3 is 1.90 bits per heavy atom. The van der Waals surface area contributed by atoms with Crippen molar-refractivity contribution in [2.75, 3.05) is 19.6 Å². The zero-order valence-electron chi connectivity index (χ0n) is 14.9. The minimum absolute atomic E-state index is 1.02. The summed E-state index contributed by atoms with van der Waals surface area (Å²) in [7, 11) is -5.36. The summed E-state index contributed by atoms with van der Waals surface area (Å²) in [6.45, 7) is 20.9. The van der Waals surface area contributed by atoms with Gasteiger partial charge in [-0.2, -0.15) is 0 Å². The van der Waals surface area contributed by atoms with Crippen LogP contribution in [0.1, 0.15) is 19.8 Å². The fourth-order valence-corrected chi connectivity index (χ4v) is 14.7. The molecular weight excluding hydrogens is 300 g/mol. The highest BCUT2D eigenvalue weighted by Crippen LogP contribution is 2.18. The van der Waals surface area contributed by atoms with Crippen LogP contribution in [-0.4, -0.2) is 45.0 Å². The van der Waals surface area contributed by atoms with E-state index in [2.05, 4.69) is 63.1 Å². The molecule has 0 aromatic rings. The van der Waals surface area contributed by atoms with Crippen LogP contribution in [0.15, 0.2) is 0 Å². The van der Waals surface area contributed by atoms with E-state index in [0.29, 0.717) is 0 Å². The Morgan fingerprint density at radius 2 is 1.40 bits per heavy atom. The van der Waals surface area contributed by atoms with Gasteiger partial charge in [0.15, 0.2) is 8.32 Å². The molecule has 0 fully saturated rings. The number of nitrogens with one attached hydrogen (secondary N) is 2. The molecule has 0 radical (unpaired) electrons. The topological polar surface area (TPSA) is 42.5 Å². The first-order valence-electron chi connectivity index (χ1n) is 7.83. The average molecular weight is 337 g/mol. The Morgan fingerprint density at radius 1 is 0.800 bits per heavy atom. The summed E-state index contributed by atoms with van der Waals surface area (Å²) in [4.78, 5) is 3.62. The third-order valence-corrected chi connectivity index (χ3v) is 12.1. The van der Waals surface area contributed by atoms with Gasteiger partial charge in [0.05, 0.1) is 0 Å². The lowest BCUT2D eigenvalue weighted by atomic mass is 10.4. The smallest absolute Gasteiger partial charge is 0.312 e. The second kappa shape index (κ2) is 8.82. The van der Waals surface area contributed by atoms with Gasteiger partial charge in [-0.1, -0.05) is 6.92 Å². The molecule has 0 saturated carbocycles. The Kier molecular flexibility index (Phi) is 9.03. The minimum atomic E-state index is -2.01. The highest BCUT2D eigenvalue weighted by atomic mass is 28.5. The van der Waals surface area contributed by atoms with E-state index in [9.17, 15) is 0 Å². The minimum Gasteiger partial charge on any atom is -0.437 e. The third kappa shape index (κ3) is 12.2. The standard InChI is InChI=1S/C13H36N2O2Si3/c1-9-11-14-12-10-13-15-19(5,6)17-20(7,8)16-18(2,3)4/h14-15H,9-13H2,1-8H3. The van der Waals surface area contributed by atoms with Gasteiger partial charge < -0.3 is 18.5 Å². The van der Waals surface area contributed by atoms with E-state index < -0.39 is 25.4 Å². The molecule has 0 aliphatic heterocycles. The van der Waals surface area contributed by atoms with E-state index in [4.69, 9.17) is 8.23 Å². The van der Waals surface area contributed by atoms with Crippen LogP contribution < -0.4 is 10.3 Å². The Balaban J connectivity index is 4.04. The molecule has 0 amide bonds. The van der Waals surface area contributed by atoms with Gasteiger partial charge in [-0.15, -0.1) is 0 Å². The predicted octanol–water partition coefficient (Wildman–Crippen LogP) is 3.24. The SMILES string of the molecule is CCCNCCCN[Si](C)(C)O[Si](C)(C)O[Si](C)(C)C. The molecule has 0 saturated heterocycles. The average Bonchev–Trinajstić information content (AvgIpc) is 2.17. The van der Waals surface area contributed by atoms with Crippen LogP contribution in [0.5, 0.6) is 0 Å². The quantitative estimate of drug-likeness (QED) is 0.449. The van der Waals surface area contributed by atoms with E-state index in [0.717, 1.165) is 26.1 Å². The van der Waals surface area contributed by atoms with Gasteiger partial charge in [0.25, 0.3) is 8.48 Å². The van der Waals surface area contributed by atoms with Crippen LogP contribution in [-0.2, 0) is 8.23 Å². The van der Waals surface area contributed by atoms with Gasteiger partial charge in [-0.3, -0.25) is 0 Å². The molecule has 2 N–H and O–H groups in total. The van der Waals surface area contributed by atoms with E-state index >= 15 is 0 Å². The molecule has 0 aliphatic rings. The molecule has 20 heavy (non-hydrogen) atoms. The third-order valence-electron chi connectivity index (χ3n) is 2.56. The summed E-state index contributed by atoms with van der Waals surface area (Å²) in [5.74, 6) is 0. The molecule has 0 unspecified atom stereocenters. The lowest BCUT2D eigenvalue weighted by Gasteiger charge is -2.37. The van der Waals surface area contributed by atoms with E-state index in [1.54, 1.807) is 0 Å². The van der Waals surface area contributed by atoms with Gasteiger partial charge in [-0.05, 0) is 78.3 Å². The fraction of sp³-hybridized carbons (Fsp3) is 1.00. The summed E-state index contributed by atoms with van der Waals surface area (Å²) in [5, 5.41) is 3.42. The lowest BCUT2D eigenvalue weighted by molar-refractivity contribution is 0.384. The number of hydrogen-bond acceptors (Lipinski definition) is 4. The summed E-state index contributed by atoms with van der Waals surface area (Å²) in [6, 6.07) is 0. The second-order valence-electron chi connectivity index (χ2n) is 7.26. The van der Waals surface area contributed by atoms with E-state index in [1.165, 1.54) is 6.42 Å². The maximum atomic E-state index is 6.39. The van der Waals surface area contributed by atoms with Crippen molar-refractivity contribution in [1.82, 2.24) is 10.3 Å². The molecule has 0 rings (SSSR count). The monoisotopic (exact) mass is 336 g/mol. The van der Waals surface area contributed by atoms with Crippen LogP contribution in [0.3, 0.4) is 0 Å². The summed E-state index contributed by atoms with van der Waals surface area (Å²) >= 11 is 0. The van der Waals surface area contributed by atoms with Gasteiger partial charge in [0.2, 0.25) is 0 Å². The second-order valence-corrected chi connectivity index (χ2v) is 19.3. The van der Waals surface area contributed by atoms with E-state index in [-0.39, 0.29) is 0 Å². The zero-order valence-corrected chi connectivity index (χ0v) is 17.9. The van der Waals surface area contributed by atoms with Crippen molar-refractivity contribution in [2.24, 2.45) is 0 Å². The first kappa shape index (κ1) is 20.5. The molecule has 4 nitrogen and oxygen atoms in total. The molecule has 0 aliphatic carbocycles. The van der Waals surface area contributed by atoms with Crippen molar-refractivity contribution in [2.45, 2.75) is 65.6 Å². The van der Waals surface area contributed by atoms with Crippen molar-refractivity contribution in [3.05, 3.63) is 0 Å². The van der Waals surface area contributed by atoms with Crippen molar-refractivity contribution < 1.29 is 8.23 Å². The molecule has 0 aromatic heterocycles. The summed E-state index contributed by atoms with van der Waals surface area (Å²) in [6.07, 6.45) is 2.35. The highest BCUT2D eigenvalue weighted by Gasteiger charge is 2.37. The fourth-order valence-electron chi connectivity index (χ4n) is 2.31. The first-order chi connectivity index (χ1) is 8.97. The van der Waals surface area contributed by atoms with Gasteiger partial charge >= 0.3 is 8.56 Å². The van der Waals surface area contributed by atoms with Crippen LogP contribution in [0.25, 0.3) is 0 Å². The summed E-state index contributed by atoms with van der Waals surface area (Å²) < 4.78 is 12.6. The predicted molar refractivity (Wildman–Crippen MR) is 96.3 cm³/mol. The van der Waals surface area contributed by atoms with Crippen molar-refractivity contribution in [3.63, 3.8) is 0 Å². The maximum Gasteiger partial charge on any atom is 0.312 e. The Labute approximate surface area is 129 Å². The van der Waals surface area contributed by atoms with Gasteiger partial charge in [0.1, 0.15) is 0 Å². The van der Waals surface area contributed by atoms with Crippen LogP contribution in [0.2, 0.25) is 45.8 Å². The Bertz CT molecular complexity index is 269. The summed E-state index contributed by atoms with van der Waals surface area (Å²) in [5.41, 5.74) is 0. The molecule has 122 valence electrons. The normalized spacial score (nSPS) is 13.8. The van der Waals surface area contributed by atoms with Crippen LogP contribution >= 0.6 is 0 Å². The molecule has 0 spiro atoms. The molecule has 0 heterocycles. The lowest BCUT2D eigenvalue weighted by Crippen LogP contribution is -2.58. The Hall–Kier alpha value is 0.491. The molecule has 0 atom stereocenters. The number of rotatable bonds is 11. The van der Waals surface area contributed by atoms with Crippen molar-refractivity contribution in [1.29, 1.82) is 0 Å². The molecule has 0 aromatic carbocycles. The van der Waals surface area contributed by atoms with Crippen molar-refractivity contribution >= 4 is 25.4 Å². The molecular formula is C13H36N2O2Si3. The highest BCUT2D eigenvalue weighted by molar-refractivity contribution is 6.86. The van der Waals surface area contributed by atoms with Gasteiger partial charge in [0, 0.05) is 0 Å². The molecule has 7 heteroatoms. The van der Waals surface area contributed by atoms with Gasteiger partial charge in [-0.25, -0.2) is 0 Å². The zero-order chi connectivity index (χ0) is 15.9. The van der Waals surface area contributed by atoms with E-state index in [1.807, 2.05) is 0 Å². The largest absolute Gasteiger partial charge is 0.437 e. The van der Waals surface area contributed by atoms with Crippen LogP contribution in [0.4, 0.5) is 0 Å². The van der Waals surface area contributed by atoms with Crippen LogP contribution in [0, 0.1) is 0 Å². The number of hydrogen-bond donors (Lipinski definition) is 2.